The number of rotatable bonds is 5. The van der Waals surface area contributed by atoms with Crippen LogP contribution in [-0.2, 0) is 6.54 Å². The molecular weight excluding hydrogens is 375 g/mol. The van der Waals surface area contributed by atoms with Gasteiger partial charge in [-0.2, -0.15) is 0 Å². The van der Waals surface area contributed by atoms with E-state index in [1.165, 1.54) is 12.1 Å². The summed E-state index contributed by atoms with van der Waals surface area (Å²) in [5.74, 6) is -1.39. The summed E-state index contributed by atoms with van der Waals surface area (Å²) in [6, 6.07) is 4.48. The molecule has 2 aromatic rings. The molecule has 0 fully saturated rings. The minimum atomic E-state index is -0.545. The van der Waals surface area contributed by atoms with Crippen LogP contribution in [0.3, 0.4) is 0 Å². The number of halogens is 2. The van der Waals surface area contributed by atoms with E-state index in [0.29, 0.717) is 12.1 Å². The van der Waals surface area contributed by atoms with Crippen LogP contribution in [0.5, 0.6) is 0 Å². The molecule has 1 aliphatic rings. The van der Waals surface area contributed by atoms with Crippen LogP contribution in [0.2, 0.25) is 10.0 Å². The summed E-state index contributed by atoms with van der Waals surface area (Å²) < 4.78 is 1.95. The Hall–Kier alpha value is -2.37. The lowest BCUT2D eigenvalue weighted by atomic mass is 10.1. The lowest BCUT2D eigenvalue weighted by Gasteiger charge is -2.13. The standard InChI is InChI=1S/C19H16Cl2N2O3/c1-4-5-22-10(2)6-12(11(22)3)17(24)9-23-18(25)13-7-15(20)16(21)8-14(13)19(23)26/h4,6-8H,1,5,9H2,2-3H3. The number of carbonyl (C=O) groups excluding carboxylic acids is 3. The van der Waals surface area contributed by atoms with Gasteiger partial charge in [-0.15, -0.1) is 6.58 Å². The molecule has 26 heavy (non-hydrogen) atoms. The van der Waals surface area contributed by atoms with Crippen molar-refractivity contribution in [2.24, 2.45) is 0 Å². The Kier molecular flexibility index (Phi) is 4.78. The van der Waals surface area contributed by atoms with Crippen molar-refractivity contribution in [3.8, 4) is 0 Å². The van der Waals surface area contributed by atoms with Gasteiger partial charge in [0.25, 0.3) is 11.8 Å². The average Bonchev–Trinajstić information content (AvgIpc) is 2.99. The molecule has 7 heteroatoms. The van der Waals surface area contributed by atoms with Crippen molar-refractivity contribution >= 4 is 40.8 Å². The first kappa shape index (κ1) is 18.4. The van der Waals surface area contributed by atoms with E-state index in [1.54, 1.807) is 12.1 Å². The quantitative estimate of drug-likeness (QED) is 0.439. The summed E-state index contributed by atoms with van der Waals surface area (Å²) in [5.41, 5.74) is 2.49. The minimum Gasteiger partial charge on any atom is -0.345 e. The molecule has 0 radical (unpaired) electrons. The normalized spacial score (nSPS) is 13.3. The first-order valence-corrected chi connectivity index (χ1v) is 8.68. The molecule has 0 saturated heterocycles. The number of benzene rings is 1. The van der Waals surface area contributed by atoms with E-state index in [2.05, 4.69) is 6.58 Å². The molecule has 0 spiro atoms. The van der Waals surface area contributed by atoms with Gasteiger partial charge in [0, 0.05) is 23.5 Å². The molecule has 3 rings (SSSR count). The van der Waals surface area contributed by atoms with Crippen LogP contribution in [0, 0.1) is 13.8 Å². The van der Waals surface area contributed by atoms with Gasteiger partial charge in [-0.3, -0.25) is 19.3 Å². The fraction of sp³-hybridized carbons (Fsp3) is 0.211. The molecule has 0 atom stereocenters. The summed E-state index contributed by atoms with van der Waals surface area (Å²) in [7, 11) is 0. The smallest absolute Gasteiger partial charge is 0.262 e. The molecule has 0 bridgehead atoms. The average molecular weight is 391 g/mol. The second-order valence-electron chi connectivity index (χ2n) is 6.12. The van der Waals surface area contributed by atoms with Crippen LogP contribution < -0.4 is 0 Å². The number of aromatic nitrogens is 1. The number of amides is 2. The number of ketones is 1. The van der Waals surface area contributed by atoms with Crippen molar-refractivity contribution in [3.63, 3.8) is 0 Å². The van der Waals surface area contributed by atoms with Crippen molar-refractivity contribution < 1.29 is 14.4 Å². The number of carbonyl (C=O) groups is 3. The number of allylic oxidation sites excluding steroid dienone is 1. The highest BCUT2D eigenvalue weighted by molar-refractivity contribution is 6.43. The van der Waals surface area contributed by atoms with Crippen LogP contribution in [-0.4, -0.2) is 33.6 Å². The van der Waals surface area contributed by atoms with Crippen molar-refractivity contribution in [2.45, 2.75) is 20.4 Å². The summed E-state index contributed by atoms with van der Waals surface area (Å²) in [6.07, 6.45) is 1.74. The third-order valence-corrected chi connectivity index (χ3v) is 5.22. The Morgan fingerprint density at radius 2 is 1.62 bits per heavy atom. The summed E-state index contributed by atoms with van der Waals surface area (Å²) in [5, 5.41) is 0.375. The maximum absolute atomic E-state index is 12.7. The molecule has 2 heterocycles. The van der Waals surface area contributed by atoms with Gasteiger partial charge in [0.1, 0.15) is 0 Å². The predicted octanol–water partition coefficient (Wildman–Crippen LogP) is 4.08. The van der Waals surface area contributed by atoms with Crippen LogP contribution in [0.4, 0.5) is 0 Å². The van der Waals surface area contributed by atoms with Gasteiger partial charge in [0.15, 0.2) is 5.78 Å². The third-order valence-electron chi connectivity index (χ3n) is 4.50. The highest BCUT2D eigenvalue weighted by Gasteiger charge is 2.37. The Labute approximate surface area is 160 Å². The second-order valence-corrected chi connectivity index (χ2v) is 6.93. The van der Waals surface area contributed by atoms with E-state index >= 15 is 0 Å². The number of hydrogen-bond donors (Lipinski definition) is 0. The van der Waals surface area contributed by atoms with Gasteiger partial charge < -0.3 is 4.57 Å². The first-order valence-electron chi connectivity index (χ1n) is 7.92. The Morgan fingerprint density at radius 3 is 2.12 bits per heavy atom. The molecule has 2 amide bonds. The van der Waals surface area contributed by atoms with Crippen LogP contribution in [0.1, 0.15) is 42.5 Å². The molecule has 1 aliphatic heterocycles. The van der Waals surface area contributed by atoms with Gasteiger partial charge in [-0.05, 0) is 32.0 Å². The Bertz CT molecular complexity index is 935. The van der Waals surface area contributed by atoms with Gasteiger partial charge in [0.05, 0.1) is 27.7 Å². The fourth-order valence-electron chi connectivity index (χ4n) is 3.15. The maximum atomic E-state index is 12.7. The van der Waals surface area contributed by atoms with Gasteiger partial charge in [-0.1, -0.05) is 29.3 Å². The van der Waals surface area contributed by atoms with Crippen molar-refractivity contribution in [2.75, 3.05) is 6.54 Å². The maximum Gasteiger partial charge on any atom is 0.262 e. The lowest BCUT2D eigenvalue weighted by Crippen LogP contribution is -2.35. The monoisotopic (exact) mass is 390 g/mol. The molecule has 0 saturated carbocycles. The second kappa shape index (κ2) is 6.74. The Balaban J connectivity index is 1.89. The van der Waals surface area contributed by atoms with Gasteiger partial charge in [-0.25, -0.2) is 0 Å². The minimum absolute atomic E-state index is 0.161. The van der Waals surface area contributed by atoms with Crippen LogP contribution in [0.25, 0.3) is 0 Å². The highest BCUT2D eigenvalue weighted by atomic mass is 35.5. The van der Waals surface area contributed by atoms with Crippen LogP contribution >= 0.6 is 23.2 Å². The molecule has 5 nitrogen and oxygen atoms in total. The fourth-order valence-corrected chi connectivity index (χ4v) is 3.48. The molecule has 134 valence electrons. The highest BCUT2D eigenvalue weighted by Crippen LogP contribution is 2.31. The van der Waals surface area contributed by atoms with E-state index in [4.69, 9.17) is 23.2 Å². The van der Waals surface area contributed by atoms with E-state index in [0.717, 1.165) is 16.3 Å². The van der Waals surface area contributed by atoms with Gasteiger partial charge in [0.2, 0.25) is 0 Å². The number of hydrogen-bond acceptors (Lipinski definition) is 3. The molecule has 0 unspecified atom stereocenters. The lowest BCUT2D eigenvalue weighted by molar-refractivity contribution is 0.0624. The molecule has 0 aliphatic carbocycles. The number of nitrogens with zero attached hydrogens (tertiary/aromatic N) is 2. The molecule has 1 aromatic carbocycles. The van der Waals surface area contributed by atoms with E-state index in [1.807, 2.05) is 18.4 Å². The third kappa shape index (κ3) is 2.87. The first-order chi connectivity index (χ1) is 12.3. The van der Waals surface area contributed by atoms with Crippen molar-refractivity contribution in [3.05, 3.63) is 69.0 Å². The van der Waals surface area contributed by atoms with Crippen molar-refractivity contribution in [1.82, 2.24) is 9.47 Å². The summed E-state index contributed by atoms with van der Waals surface area (Å²) >= 11 is 11.9. The topological polar surface area (TPSA) is 59.4 Å². The summed E-state index contributed by atoms with van der Waals surface area (Å²) in [6.45, 7) is 7.67. The van der Waals surface area contributed by atoms with Crippen LogP contribution in [0.15, 0.2) is 30.9 Å². The van der Waals surface area contributed by atoms with Gasteiger partial charge >= 0.3 is 0 Å². The number of fused-ring (bicyclic) bond motifs is 1. The number of Topliss-reactive ketones (excluding diaryl/α,β-unsaturated/α-hetero) is 1. The van der Waals surface area contributed by atoms with E-state index in [-0.39, 0.29) is 33.5 Å². The predicted molar refractivity (Wildman–Crippen MR) is 100 cm³/mol. The van der Waals surface area contributed by atoms with E-state index < -0.39 is 11.8 Å². The summed E-state index contributed by atoms with van der Waals surface area (Å²) in [4.78, 5) is 38.7. The zero-order valence-electron chi connectivity index (χ0n) is 14.3. The van der Waals surface area contributed by atoms with Crippen molar-refractivity contribution in [1.29, 1.82) is 0 Å². The zero-order valence-corrected chi connectivity index (χ0v) is 15.8. The van der Waals surface area contributed by atoms with E-state index in [9.17, 15) is 14.4 Å². The molecular formula is C19H16Cl2N2O3. The zero-order chi connectivity index (χ0) is 19.2. The number of imide groups is 1. The SMILES string of the molecule is C=CCn1c(C)cc(C(=O)CN2C(=O)c3cc(Cl)c(Cl)cc3C2=O)c1C. The molecule has 0 N–H and O–H groups in total. The number of aryl methyl sites for hydroxylation is 1. The Morgan fingerprint density at radius 1 is 1.08 bits per heavy atom. The largest absolute Gasteiger partial charge is 0.345 e. The molecule has 1 aromatic heterocycles.